The number of aryl methyl sites for hydroxylation is 2. The number of thiazole rings is 1. The van der Waals surface area contributed by atoms with Gasteiger partial charge in [-0.15, -0.1) is 11.3 Å². The lowest BCUT2D eigenvalue weighted by Crippen LogP contribution is -2.36. The number of nitrogens with zero attached hydrogens (tertiary/aromatic N) is 2. The van der Waals surface area contributed by atoms with Gasteiger partial charge in [-0.1, -0.05) is 24.3 Å². The Morgan fingerprint density at radius 3 is 2.48 bits per heavy atom. The summed E-state index contributed by atoms with van der Waals surface area (Å²) in [6.07, 6.45) is 4.14. The molecule has 0 radical (unpaired) electrons. The van der Waals surface area contributed by atoms with E-state index in [0.717, 1.165) is 50.0 Å². The second-order valence-corrected chi connectivity index (χ2v) is 7.91. The van der Waals surface area contributed by atoms with Gasteiger partial charge in [0.2, 0.25) is 11.8 Å². The first-order valence-electron chi connectivity index (χ1n) is 9.32. The predicted molar refractivity (Wildman–Crippen MR) is 106 cm³/mol. The third-order valence-corrected chi connectivity index (χ3v) is 6.13. The van der Waals surface area contributed by atoms with Gasteiger partial charge in [0.1, 0.15) is 0 Å². The summed E-state index contributed by atoms with van der Waals surface area (Å²) in [6.45, 7) is 3.31. The Kier molecular flexibility index (Phi) is 6.58. The molecule has 27 heavy (non-hydrogen) atoms. The number of amides is 2. The zero-order valence-corrected chi connectivity index (χ0v) is 16.4. The molecule has 0 unspecified atom stereocenters. The standard InChI is InChI=1S/C20H26N4O2S/c1-14(25)24-10-8-17(9-11-24)20-22-18(13-27-20)7-6-15-2-4-16(5-3-15)12-19(26)23-21/h2-5,13,17H,6-12,21H2,1H3,(H,23,26). The molecule has 6 nitrogen and oxygen atoms in total. The highest BCUT2D eigenvalue weighted by Crippen LogP contribution is 2.30. The van der Waals surface area contributed by atoms with Gasteiger partial charge in [0, 0.05) is 31.3 Å². The number of nitrogens with one attached hydrogen (secondary N) is 1. The number of hydrazine groups is 1. The van der Waals surface area contributed by atoms with Crippen molar-refractivity contribution in [2.75, 3.05) is 13.1 Å². The van der Waals surface area contributed by atoms with Crippen molar-refractivity contribution >= 4 is 23.2 Å². The molecule has 1 aromatic carbocycles. The summed E-state index contributed by atoms with van der Waals surface area (Å²) in [5.74, 6) is 5.58. The molecule has 1 aromatic heterocycles. The predicted octanol–water partition coefficient (Wildman–Crippen LogP) is 2.19. The van der Waals surface area contributed by atoms with Crippen LogP contribution in [-0.4, -0.2) is 34.8 Å². The zero-order chi connectivity index (χ0) is 19.2. The van der Waals surface area contributed by atoms with Crippen LogP contribution in [0, 0.1) is 0 Å². The number of piperidine rings is 1. The number of hydrogen-bond acceptors (Lipinski definition) is 5. The molecule has 144 valence electrons. The molecule has 2 heterocycles. The average Bonchev–Trinajstić information content (AvgIpc) is 3.16. The fraction of sp³-hybridized carbons (Fsp3) is 0.450. The lowest BCUT2D eigenvalue weighted by atomic mass is 9.97. The number of benzene rings is 1. The molecule has 0 saturated carbocycles. The van der Waals surface area contributed by atoms with E-state index >= 15 is 0 Å². The molecule has 0 aliphatic carbocycles. The van der Waals surface area contributed by atoms with Crippen LogP contribution in [0.15, 0.2) is 29.6 Å². The molecule has 1 aliphatic heterocycles. The molecule has 1 fully saturated rings. The van der Waals surface area contributed by atoms with Crippen molar-refractivity contribution in [2.45, 2.75) is 44.9 Å². The van der Waals surface area contributed by atoms with Crippen LogP contribution in [0.5, 0.6) is 0 Å². The Hall–Kier alpha value is -2.25. The van der Waals surface area contributed by atoms with Crippen LogP contribution in [0.25, 0.3) is 0 Å². The summed E-state index contributed by atoms with van der Waals surface area (Å²) < 4.78 is 0. The van der Waals surface area contributed by atoms with Crippen LogP contribution in [0.1, 0.15) is 47.5 Å². The maximum Gasteiger partial charge on any atom is 0.238 e. The van der Waals surface area contributed by atoms with E-state index in [9.17, 15) is 9.59 Å². The van der Waals surface area contributed by atoms with E-state index in [1.54, 1.807) is 18.3 Å². The maximum absolute atomic E-state index is 11.4. The fourth-order valence-corrected chi connectivity index (χ4v) is 4.42. The molecular weight excluding hydrogens is 360 g/mol. The molecule has 1 saturated heterocycles. The highest BCUT2D eigenvalue weighted by molar-refractivity contribution is 7.09. The Balaban J connectivity index is 1.50. The van der Waals surface area contributed by atoms with Crippen molar-refractivity contribution in [1.82, 2.24) is 15.3 Å². The number of hydrogen-bond donors (Lipinski definition) is 2. The first-order valence-corrected chi connectivity index (χ1v) is 10.2. The minimum atomic E-state index is -0.188. The molecule has 3 N–H and O–H groups in total. The summed E-state index contributed by atoms with van der Waals surface area (Å²) in [4.78, 5) is 29.5. The Morgan fingerprint density at radius 1 is 1.19 bits per heavy atom. The van der Waals surface area contributed by atoms with Crippen LogP contribution < -0.4 is 11.3 Å². The number of rotatable bonds is 6. The summed E-state index contributed by atoms with van der Waals surface area (Å²) in [5, 5.41) is 3.36. The van der Waals surface area contributed by atoms with E-state index in [2.05, 4.69) is 22.9 Å². The van der Waals surface area contributed by atoms with Crippen LogP contribution in [0.2, 0.25) is 0 Å². The molecule has 1 aliphatic rings. The van der Waals surface area contributed by atoms with Gasteiger partial charge in [0.05, 0.1) is 17.1 Å². The van der Waals surface area contributed by atoms with Crippen molar-refractivity contribution in [2.24, 2.45) is 5.84 Å². The number of aromatic nitrogens is 1. The molecule has 3 rings (SSSR count). The third kappa shape index (κ3) is 5.37. The second kappa shape index (κ2) is 9.10. The van der Waals surface area contributed by atoms with Gasteiger partial charge >= 0.3 is 0 Å². The monoisotopic (exact) mass is 386 g/mol. The van der Waals surface area contributed by atoms with Crippen molar-refractivity contribution in [3.63, 3.8) is 0 Å². The largest absolute Gasteiger partial charge is 0.343 e. The molecule has 7 heteroatoms. The molecular formula is C20H26N4O2S. The number of carbonyl (C=O) groups excluding carboxylic acids is 2. The van der Waals surface area contributed by atoms with Crippen molar-refractivity contribution in [1.29, 1.82) is 0 Å². The summed E-state index contributed by atoms with van der Waals surface area (Å²) in [7, 11) is 0. The van der Waals surface area contributed by atoms with Gasteiger partial charge in [-0.3, -0.25) is 15.0 Å². The Bertz CT molecular complexity index is 780. The molecule has 0 bridgehead atoms. The highest BCUT2D eigenvalue weighted by Gasteiger charge is 2.24. The summed E-state index contributed by atoms with van der Waals surface area (Å²) in [6, 6.07) is 8.06. The van der Waals surface area contributed by atoms with Crippen LogP contribution in [0.4, 0.5) is 0 Å². The van der Waals surface area contributed by atoms with Gasteiger partial charge in [-0.05, 0) is 36.8 Å². The van der Waals surface area contributed by atoms with E-state index < -0.39 is 0 Å². The fourth-order valence-electron chi connectivity index (χ4n) is 3.40. The van der Waals surface area contributed by atoms with Gasteiger partial charge < -0.3 is 4.90 Å². The topological polar surface area (TPSA) is 88.3 Å². The molecule has 0 spiro atoms. The lowest BCUT2D eigenvalue weighted by molar-refractivity contribution is -0.129. The van der Waals surface area contributed by atoms with E-state index in [4.69, 9.17) is 10.8 Å². The Morgan fingerprint density at radius 2 is 1.85 bits per heavy atom. The minimum Gasteiger partial charge on any atom is -0.343 e. The normalized spacial score (nSPS) is 15.0. The van der Waals surface area contributed by atoms with E-state index in [0.29, 0.717) is 12.3 Å². The Labute approximate surface area is 163 Å². The number of nitrogens with two attached hydrogens (primary N) is 1. The molecule has 0 atom stereocenters. The van der Waals surface area contributed by atoms with Crippen molar-refractivity contribution < 1.29 is 9.59 Å². The smallest absolute Gasteiger partial charge is 0.238 e. The second-order valence-electron chi connectivity index (χ2n) is 7.02. The van der Waals surface area contributed by atoms with Crippen LogP contribution >= 0.6 is 11.3 Å². The zero-order valence-electron chi connectivity index (χ0n) is 15.6. The van der Waals surface area contributed by atoms with Gasteiger partial charge in [0.25, 0.3) is 0 Å². The highest BCUT2D eigenvalue weighted by atomic mass is 32.1. The molecule has 2 aromatic rings. The van der Waals surface area contributed by atoms with Gasteiger partial charge in [-0.25, -0.2) is 10.8 Å². The van der Waals surface area contributed by atoms with E-state index in [1.165, 1.54) is 10.6 Å². The van der Waals surface area contributed by atoms with Crippen molar-refractivity contribution in [3.8, 4) is 0 Å². The first kappa shape index (κ1) is 19.5. The maximum atomic E-state index is 11.4. The number of carbonyl (C=O) groups is 2. The number of likely N-dealkylation sites (tertiary alicyclic amines) is 1. The minimum absolute atomic E-state index is 0.169. The summed E-state index contributed by atoms with van der Waals surface area (Å²) >= 11 is 1.74. The van der Waals surface area contributed by atoms with Gasteiger partial charge in [-0.2, -0.15) is 0 Å². The first-order chi connectivity index (χ1) is 13.0. The van der Waals surface area contributed by atoms with E-state index in [-0.39, 0.29) is 11.8 Å². The lowest BCUT2D eigenvalue weighted by Gasteiger charge is -2.30. The molecule has 2 amide bonds. The van der Waals surface area contributed by atoms with Crippen LogP contribution in [-0.2, 0) is 28.9 Å². The average molecular weight is 387 g/mol. The summed E-state index contributed by atoms with van der Waals surface area (Å²) in [5.41, 5.74) is 5.47. The van der Waals surface area contributed by atoms with Gasteiger partial charge in [0.15, 0.2) is 0 Å². The van der Waals surface area contributed by atoms with Crippen LogP contribution in [0.3, 0.4) is 0 Å². The van der Waals surface area contributed by atoms with Crippen molar-refractivity contribution in [3.05, 3.63) is 51.5 Å². The SMILES string of the molecule is CC(=O)N1CCC(c2nc(CCc3ccc(CC(=O)NN)cc3)cs2)CC1. The quantitative estimate of drug-likeness (QED) is 0.452. The van der Waals surface area contributed by atoms with E-state index in [1.807, 2.05) is 17.0 Å². The third-order valence-electron chi connectivity index (χ3n) is 5.08.